The van der Waals surface area contributed by atoms with Crippen LogP contribution in [0.15, 0.2) is 71.6 Å². The van der Waals surface area contributed by atoms with Gasteiger partial charge in [-0.25, -0.2) is 8.42 Å². The number of para-hydroxylation sites is 1. The van der Waals surface area contributed by atoms with Crippen LogP contribution in [-0.4, -0.2) is 39.0 Å². The highest BCUT2D eigenvalue weighted by molar-refractivity contribution is 7.92. The number of hydrogen-bond donors (Lipinski definition) is 1. The molecule has 0 bridgehead atoms. The fraction of sp³-hybridized carbons (Fsp3) is 0.174. The van der Waals surface area contributed by atoms with Crippen LogP contribution in [0.25, 0.3) is 0 Å². The highest BCUT2D eigenvalue weighted by Crippen LogP contribution is 2.39. The van der Waals surface area contributed by atoms with Crippen LogP contribution in [0, 0.1) is 10.1 Å². The van der Waals surface area contributed by atoms with Crippen molar-refractivity contribution in [2.24, 2.45) is 0 Å². The summed E-state index contributed by atoms with van der Waals surface area (Å²) in [4.78, 5) is 23.6. The number of ether oxygens (including phenoxy) is 2. The molecule has 3 aromatic carbocycles. The van der Waals surface area contributed by atoms with Gasteiger partial charge in [-0.2, -0.15) is 0 Å². The number of rotatable bonds is 7. The molecule has 176 valence electrons. The lowest BCUT2D eigenvalue weighted by atomic mass is 10.2. The summed E-state index contributed by atoms with van der Waals surface area (Å²) in [6.45, 7) is 2.51. The van der Waals surface area contributed by atoms with Crippen molar-refractivity contribution < 1.29 is 27.6 Å². The Balaban J connectivity index is 1.58. The third kappa shape index (κ3) is 4.50. The molecule has 0 saturated heterocycles. The van der Waals surface area contributed by atoms with E-state index in [1.165, 1.54) is 40.7 Å². The van der Waals surface area contributed by atoms with Crippen molar-refractivity contribution in [2.75, 3.05) is 29.4 Å². The third-order valence-corrected chi connectivity index (χ3v) is 7.06. The topological polar surface area (TPSA) is 128 Å². The zero-order chi connectivity index (χ0) is 24.3. The molecule has 0 radical (unpaired) electrons. The standard InChI is InChI=1S/C23H21N3O7S/c1-2-25(17-6-4-3-5-7-17)34(30,31)18-10-8-16(9-11-18)23(27)24-19-14-21-22(33-13-12-32-21)15-20(19)26(28)29/h3-11,14-15H,2,12-13H2,1H3,(H,24,27). The van der Waals surface area contributed by atoms with Crippen LogP contribution in [0.3, 0.4) is 0 Å². The normalized spacial score (nSPS) is 12.6. The summed E-state index contributed by atoms with van der Waals surface area (Å²) in [5, 5.41) is 14.0. The molecule has 0 spiro atoms. The zero-order valence-corrected chi connectivity index (χ0v) is 18.9. The van der Waals surface area contributed by atoms with Gasteiger partial charge in [0.2, 0.25) is 0 Å². The van der Waals surface area contributed by atoms with Crippen LogP contribution in [0.1, 0.15) is 17.3 Å². The zero-order valence-electron chi connectivity index (χ0n) is 18.1. The third-order valence-electron chi connectivity index (χ3n) is 5.14. The number of hydrogen-bond acceptors (Lipinski definition) is 7. The van der Waals surface area contributed by atoms with Gasteiger partial charge < -0.3 is 14.8 Å². The van der Waals surface area contributed by atoms with E-state index in [4.69, 9.17) is 9.47 Å². The number of amides is 1. The van der Waals surface area contributed by atoms with E-state index in [-0.39, 0.29) is 53.1 Å². The number of nitro groups is 1. The predicted molar refractivity (Wildman–Crippen MR) is 125 cm³/mol. The quantitative estimate of drug-likeness (QED) is 0.399. The molecule has 10 nitrogen and oxygen atoms in total. The Morgan fingerprint density at radius 1 is 1.03 bits per heavy atom. The molecule has 0 aliphatic carbocycles. The van der Waals surface area contributed by atoms with Gasteiger partial charge in [0.15, 0.2) is 11.5 Å². The van der Waals surface area contributed by atoms with Gasteiger partial charge in [-0.1, -0.05) is 18.2 Å². The highest BCUT2D eigenvalue weighted by Gasteiger charge is 2.26. The van der Waals surface area contributed by atoms with Gasteiger partial charge in [-0.3, -0.25) is 19.2 Å². The average molecular weight is 484 g/mol. The summed E-state index contributed by atoms with van der Waals surface area (Å²) in [5.41, 5.74) is 0.249. The number of benzene rings is 3. The Morgan fingerprint density at radius 3 is 2.24 bits per heavy atom. The van der Waals surface area contributed by atoms with Gasteiger partial charge >= 0.3 is 0 Å². The number of anilines is 2. The molecule has 11 heteroatoms. The molecule has 3 aromatic rings. The summed E-state index contributed by atoms with van der Waals surface area (Å²) in [7, 11) is -3.85. The second kappa shape index (κ2) is 9.40. The van der Waals surface area contributed by atoms with E-state index in [9.17, 15) is 23.3 Å². The van der Waals surface area contributed by atoms with Crippen molar-refractivity contribution in [3.05, 3.63) is 82.4 Å². The van der Waals surface area contributed by atoms with Crippen molar-refractivity contribution >= 4 is 33.0 Å². The number of sulfonamides is 1. The number of nitrogens with one attached hydrogen (secondary N) is 1. The molecular formula is C23H21N3O7S. The number of carbonyl (C=O) groups is 1. The van der Waals surface area contributed by atoms with Crippen LogP contribution in [-0.2, 0) is 10.0 Å². The van der Waals surface area contributed by atoms with E-state index >= 15 is 0 Å². The minimum absolute atomic E-state index is 0.0139. The first-order chi connectivity index (χ1) is 16.3. The minimum atomic E-state index is -3.85. The van der Waals surface area contributed by atoms with Gasteiger partial charge in [-0.15, -0.1) is 0 Å². The average Bonchev–Trinajstić information content (AvgIpc) is 2.84. The molecule has 1 N–H and O–H groups in total. The fourth-order valence-corrected chi connectivity index (χ4v) is 4.99. The first-order valence-electron chi connectivity index (χ1n) is 10.4. The number of nitro benzene ring substituents is 1. The molecule has 1 aliphatic heterocycles. The predicted octanol–water partition coefficient (Wildman–Crippen LogP) is 3.83. The van der Waals surface area contributed by atoms with Crippen LogP contribution in [0.5, 0.6) is 11.5 Å². The molecule has 0 saturated carbocycles. The summed E-state index contributed by atoms with van der Waals surface area (Å²) in [6, 6.07) is 16.6. The Kier molecular flexibility index (Phi) is 6.37. The molecule has 1 heterocycles. The van der Waals surface area contributed by atoms with E-state index in [0.717, 1.165) is 0 Å². The second-order valence-corrected chi connectivity index (χ2v) is 9.12. The van der Waals surface area contributed by atoms with Crippen molar-refractivity contribution in [1.29, 1.82) is 0 Å². The Morgan fingerprint density at radius 2 is 1.65 bits per heavy atom. The number of nitrogens with zero attached hydrogens (tertiary/aromatic N) is 2. The smallest absolute Gasteiger partial charge is 0.296 e. The highest BCUT2D eigenvalue weighted by atomic mass is 32.2. The molecule has 4 rings (SSSR count). The summed E-state index contributed by atoms with van der Waals surface area (Å²) in [5.74, 6) is -0.127. The van der Waals surface area contributed by atoms with Gasteiger partial charge in [0, 0.05) is 18.2 Å². The van der Waals surface area contributed by atoms with E-state index in [0.29, 0.717) is 5.69 Å². The first-order valence-corrected chi connectivity index (χ1v) is 11.8. The van der Waals surface area contributed by atoms with Gasteiger partial charge in [0.05, 0.1) is 21.6 Å². The monoisotopic (exact) mass is 483 g/mol. The van der Waals surface area contributed by atoms with E-state index < -0.39 is 20.9 Å². The maximum atomic E-state index is 13.1. The van der Waals surface area contributed by atoms with Crippen molar-refractivity contribution in [1.82, 2.24) is 0 Å². The maximum absolute atomic E-state index is 13.1. The lowest BCUT2D eigenvalue weighted by Gasteiger charge is -2.23. The fourth-order valence-electron chi connectivity index (χ4n) is 3.51. The van der Waals surface area contributed by atoms with Crippen molar-refractivity contribution in [3.8, 4) is 11.5 Å². The number of carbonyl (C=O) groups excluding carboxylic acids is 1. The van der Waals surface area contributed by atoms with Gasteiger partial charge in [0.25, 0.3) is 21.6 Å². The van der Waals surface area contributed by atoms with Crippen LogP contribution in [0.4, 0.5) is 17.1 Å². The number of fused-ring (bicyclic) bond motifs is 1. The molecule has 0 atom stereocenters. The van der Waals surface area contributed by atoms with Crippen molar-refractivity contribution in [3.63, 3.8) is 0 Å². The van der Waals surface area contributed by atoms with Gasteiger partial charge in [0.1, 0.15) is 18.9 Å². The molecular weight excluding hydrogens is 462 g/mol. The van der Waals surface area contributed by atoms with Crippen LogP contribution < -0.4 is 19.1 Å². The largest absolute Gasteiger partial charge is 0.486 e. The lowest BCUT2D eigenvalue weighted by Crippen LogP contribution is -2.30. The molecule has 0 fully saturated rings. The first kappa shape index (κ1) is 23.1. The molecule has 1 amide bonds. The molecule has 0 unspecified atom stereocenters. The molecule has 1 aliphatic rings. The SMILES string of the molecule is CCN(c1ccccc1)S(=O)(=O)c1ccc(C(=O)Nc2cc3c(cc2[N+](=O)[O-])OCCO3)cc1. The minimum Gasteiger partial charge on any atom is -0.486 e. The molecule has 0 aromatic heterocycles. The molecule has 34 heavy (non-hydrogen) atoms. The lowest BCUT2D eigenvalue weighted by molar-refractivity contribution is -0.384. The second-order valence-electron chi connectivity index (χ2n) is 7.25. The summed E-state index contributed by atoms with van der Waals surface area (Å²) < 4.78 is 38.3. The van der Waals surface area contributed by atoms with Crippen LogP contribution >= 0.6 is 0 Å². The van der Waals surface area contributed by atoms with Gasteiger partial charge in [-0.05, 0) is 43.3 Å². The van der Waals surface area contributed by atoms with Crippen molar-refractivity contribution in [2.45, 2.75) is 11.8 Å². The summed E-state index contributed by atoms with van der Waals surface area (Å²) in [6.07, 6.45) is 0. The Bertz CT molecular complexity index is 1330. The van der Waals surface area contributed by atoms with E-state index in [2.05, 4.69) is 5.32 Å². The Labute approximate surface area is 195 Å². The summed E-state index contributed by atoms with van der Waals surface area (Å²) >= 11 is 0. The Hall–Kier alpha value is -4.12. The maximum Gasteiger partial charge on any atom is 0.296 e. The van der Waals surface area contributed by atoms with E-state index in [1.54, 1.807) is 37.3 Å². The van der Waals surface area contributed by atoms with Crippen LogP contribution in [0.2, 0.25) is 0 Å². The van der Waals surface area contributed by atoms with E-state index in [1.807, 2.05) is 0 Å².